The van der Waals surface area contributed by atoms with Crippen LogP contribution in [0.1, 0.15) is 12.6 Å². The second-order valence-electron chi connectivity index (χ2n) is 3.46. The third-order valence-corrected chi connectivity index (χ3v) is 2.21. The summed E-state index contributed by atoms with van der Waals surface area (Å²) in [5.74, 6) is 0.707. The predicted octanol–water partition coefficient (Wildman–Crippen LogP) is 2.02. The van der Waals surface area contributed by atoms with Gasteiger partial charge in [0.1, 0.15) is 18.0 Å². The second-order valence-corrected chi connectivity index (χ2v) is 3.46. The van der Waals surface area contributed by atoms with E-state index in [9.17, 15) is 4.39 Å². The molecule has 94 valence electrons. The molecule has 0 atom stereocenters. The van der Waals surface area contributed by atoms with Crippen LogP contribution in [0.3, 0.4) is 0 Å². The van der Waals surface area contributed by atoms with E-state index >= 15 is 0 Å². The number of anilines is 1. The summed E-state index contributed by atoms with van der Waals surface area (Å²) < 4.78 is 18.6. The molecule has 2 rings (SSSR count). The van der Waals surface area contributed by atoms with Crippen LogP contribution in [0, 0.1) is 5.82 Å². The van der Waals surface area contributed by atoms with Crippen LogP contribution < -0.4 is 10.1 Å². The van der Waals surface area contributed by atoms with Gasteiger partial charge in [-0.2, -0.15) is 0 Å². The highest BCUT2D eigenvalue weighted by molar-refractivity contribution is 5.37. The van der Waals surface area contributed by atoms with E-state index in [4.69, 9.17) is 4.74 Å². The SMILES string of the molecule is CCOc1cc(NCc2ncccc2F)ncn1. The van der Waals surface area contributed by atoms with E-state index in [0.717, 1.165) is 0 Å². The zero-order chi connectivity index (χ0) is 12.8. The van der Waals surface area contributed by atoms with Crippen molar-refractivity contribution in [1.29, 1.82) is 0 Å². The van der Waals surface area contributed by atoms with E-state index in [1.807, 2.05) is 6.92 Å². The van der Waals surface area contributed by atoms with Crippen molar-refractivity contribution in [2.75, 3.05) is 11.9 Å². The summed E-state index contributed by atoms with van der Waals surface area (Å²) >= 11 is 0. The van der Waals surface area contributed by atoms with Crippen LogP contribution in [-0.2, 0) is 6.54 Å². The van der Waals surface area contributed by atoms with Gasteiger partial charge in [-0.25, -0.2) is 14.4 Å². The van der Waals surface area contributed by atoms with Gasteiger partial charge in [0, 0.05) is 12.3 Å². The van der Waals surface area contributed by atoms with Crippen LogP contribution >= 0.6 is 0 Å². The van der Waals surface area contributed by atoms with Gasteiger partial charge in [0.2, 0.25) is 5.88 Å². The summed E-state index contributed by atoms with van der Waals surface area (Å²) in [5.41, 5.74) is 0.342. The Morgan fingerprint density at radius 3 is 3.00 bits per heavy atom. The number of nitrogens with one attached hydrogen (secondary N) is 1. The van der Waals surface area contributed by atoms with Crippen molar-refractivity contribution in [3.05, 3.63) is 42.2 Å². The van der Waals surface area contributed by atoms with Crippen LogP contribution in [0.25, 0.3) is 0 Å². The van der Waals surface area contributed by atoms with Crippen LogP contribution in [0.5, 0.6) is 5.88 Å². The molecule has 6 heteroatoms. The number of aromatic nitrogens is 3. The molecule has 0 fully saturated rings. The molecule has 0 bridgehead atoms. The first kappa shape index (κ1) is 12.2. The van der Waals surface area contributed by atoms with E-state index in [0.29, 0.717) is 24.0 Å². The molecule has 0 spiro atoms. The van der Waals surface area contributed by atoms with Crippen molar-refractivity contribution < 1.29 is 9.13 Å². The maximum absolute atomic E-state index is 13.3. The number of nitrogens with zero attached hydrogens (tertiary/aromatic N) is 3. The highest BCUT2D eigenvalue weighted by Crippen LogP contribution is 2.12. The lowest BCUT2D eigenvalue weighted by Gasteiger charge is -2.07. The Bertz CT molecular complexity index is 521. The molecule has 2 heterocycles. The molecule has 0 amide bonds. The highest BCUT2D eigenvalue weighted by Gasteiger charge is 2.03. The molecule has 5 nitrogen and oxygen atoms in total. The molecule has 18 heavy (non-hydrogen) atoms. The number of halogens is 1. The second kappa shape index (κ2) is 5.90. The molecule has 0 unspecified atom stereocenters. The molecular formula is C12H13FN4O. The molecule has 0 aliphatic heterocycles. The molecule has 0 aliphatic carbocycles. The van der Waals surface area contributed by atoms with Gasteiger partial charge in [-0.3, -0.25) is 4.98 Å². The fraction of sp³-hybridized carbons (Fsp3) is 0.250. The maximum atomic E-state index is 13.3. The Balaban J connectivity index is 2.02. The summed E-state index contributed by atoms with van der Waals surface area (Å²) in [5, 5.41) is 2.97. The van der Waals surface area contributed by atoms with Crippen molar-refractivity contribution in [3.63, 3.8) is 0 Å². The number of rotatable bonds is 5. The van der Waals surface area contributed by atoms with Gasteiger partial charge in [0.05, 0.1) is 18.8 Å². The Labute approximate surface area is 104 Å². The minimum Gasteiger partial charge on any atom is -0.478 e. The number of pyridine rings is 1. The van der Waals surface area contributed by atoms with Gasteiger partial charge in [-0.05, 0) is 19.1 Å². The minimum atomic E-state index is -0.343. The standard InChI is InChI=1S/C12H13FN4O/c1-2-18-12-6-11(16-8-17-12)15-7-10-9(13)4-3-5-14-10/h3-6,8H,2,7H2,1H3,(H,15,16,17). The first-order valence-corrected chi connectivity index (χ1v) is 5.57. The number of hydrogen-bond acceptors (Lipinski definition) is 5. The highest BCUT2D eigenvalue weighted by atomic mass is 19.1. The smallest absolute Gasteiger partial charge is 0.218 e. The topological polar surface area (TPSA) is 59.9 Å². The molecule has 0 aromatic carbocycles. The van der Waals surface area contributed by atoms with Gasteiger partial charge >= 0.3 is 0 Å². The quantitative estimate of drug-likeness (QED) is 0.877. The van der Waals surface area contributed by atoms with Gasteiger partial charge in [-0.15, -0.1) is 0 Å². The monoisotopic (exact) mass is 248 g/mol. The molecule has 1 N–H and O–H groups in total. The average Bonchev–Trinajstić information content (AvgIpc) is 2.39. The lowest BCUT2D eigenvalue weighted by molar-refractivity contribution is 0.326. The van der Waals surface area contributed by atoms with Crippen molar-refractivity contribution in [2.45, 2.75) is 13.5 Å². The molecule has 0 saturated heterocycles. The summed E-state index contributed by atoms with van der Waals surface area (Å²) in [6.07, 6.45) is 2.94. The van der Waals surface area contributed by atoms with Gasteiger partial charge in [0.15, 0.2) is 0 Å². The minimum absolute atomic E-state index is 0.259. The van der Waals surface area contributed by atoms with Crippen molar-refractivity contribution in [1.82, 2.24) is 15.0 Å². The third kappa shape index (κ3) is 3.13. The molecule has 0 aliphatic rings. The van der Waals surface area contributed by atoms with E-state index in [-0.39, 0.29) is 12.4 Å². The average molecular weight is 248 g/mol. The van der Waals surface area contributed by atoms with Crippen molar-refractivity contribution in [3.8, 4) is 5.88 Å². The summed E-state index contributed by atoms with van der Waals surface area (Å²) in [6.45, 7) is 2.67. The van der Waals surface area contributed by atoms with E-state index < -0.39 is 0 Å². The summed E-state index contributed by atoms with van der Waals surface area (Å²) in [4.78, 5) is 11.9. The first-order chi connectivity index (χ1) is 8.79. The molecular weight excluding hydrogens is 235 g/mol. The normalized spacial score (nSPS) is 10.1. The summed E-state index contributed by atoms with van der Waals surface area (Å²) in [7, 11) is 0. The lowest BCUT2D eigenvalue weighted by atomic mass is 10.3. The van der Waals surface area contributed by atoms with Crippen LogP contribution in [0.2, 0.25) is 0 Å². The predicted molar refractivity (Wildman–Crippen MR) is 64.7 cm³/mol. The van der Waals surface area contributed by atoms with Crippen LogP contribution in [0.15, 0.2) is 30.7 Å². The fourth-order valence-corrected chi connectivity index (χ4v) is 1.39. The van der Waals surface area contributed by atoms with Crippen molar-refractivity contribution in [2.24, 2.45) is 0 Å². The third-order valence-electron chi connectivity index (χ3n) is 2.21. The number of ether oxygens (including phenoxy) is 1. The zero-order valence-corrected chi connectivity index (χ0v) is 9.93. The fourth-order valence-electron chi connectivity index (χ4n) is 1.39. The Hall–Kier alpha value is -2.24. The molecule has 2 aromatic rings. The zero-order valence-electron chi connectivity index (χ0n) is 9.93. The Morgan fingerprint density at radius 2 is 2.22 bits per heavy atom. The van der Waals surface area contributed by atoms with Crippen molar-refractivity contribution >= 4 is 5.82 Å². The molecule has 0 saturated carbocycles. The largest absolute Gasteiger partial charge is 0.478 e. The molecule has 2 aromatic heterocycles. The maximum Gasteiger partial charge on any atom is 0.218 e. The Kier molecular flexibility index (Phi) is 4.01. The number of hydrogen-bond donors (Lipinski definition) is 1. The lowest BCUT2D eigenvalue weighted by Crippen LogP contribution is -2.06. The van der Waals surface area contributed by atoms with E-state index in [2.05, 4.69) is 20.3 Å². The first-order valence-electron chi connectivity index (χ1n) is 5.57. The Morgan fingerprint density at radius 1 is 1.33 bits per heavy atom. The molecule has 0 radical (unpaired) electrons. The van der Waals surface area contributed by atoms with Crippen LogP contribution in [-0.4, -0.2) is 21.6 Å². The van der Waals surface area contributed by atoms with Gasteiger partial charge in [0.25, 0.3) is 0 Å². The van der Waals surface area contributed by atoms with Crippen LogP contribution in [0.4, 0.5) is 10.2 Å². The van der Waals surface area contributed by atoms with E-state index in [1.54, 1.807) is 18.3 Å². The summed E-state index contributed by atoms with van der Waals surface area (Å²) in [6, 6.07) is 4.58. The van der Waals surface area contributed by atoms with Gasteiger partial charge < -0.3 is 10.1 Å². The van der Waals surface area contributed by atoms with Gasteiger partial charge in [-0.1, -0.05) is 0 Å². The van der Waals surface area contributed by atoms with E-state index in [1.165, 1.54) is 12.4 Å².